The Kier molecular flexibility index (Phi) is 8.96. The first-order valence-electron chi connectivity index (χ1n) is 8.73. The molecule has 3 N–H and O–H groups in total. The van der Waals surface area contributed by atoms with Gasteiger partial charge in [0.25, 0.3) is 5.91 Å². The summed E-state index contributed by atoms with van der Waals surface area (Å²) in [6.45, 7) is 6.59. The van der Waals surface area contributed by atoms with Gasteiger partial charge < -0.3 is 20.2 Å². The van der Waals surface area contributed by atoms with Crippen LogP contribution in [0.1, 0.15) is 36.9 Å². The minimum absolute atomic E-state index is 0. The zero-order valence-electron chi connectivity index (χ0n) is 16.1. The highest BCUT2D eigenvalue weighted by Crippen LogP contribution is 2.30. The molecule has 1 heterocycles. The van der Waals surface area contributed by atoms with Crippen LogP contribution in [0.3, 0.4) is 0 Å². The number of anilines is 1. The minimum atomic E-state index is -3.66. The Morgan fingerprint density at radius 1 is 1.21 bits per heavy atom. The van der Waals surface area contributed by atoms with Gasteiger partial charge in [-0.25, -0.2) is 8.42 Å². The van der Waals surface area contributed by atoms with Gasteiger partial charge in [0.15, 0.2) is 0 Å². The van der Waals surface area contributed by atoms with Crippen molar-refractivity contribution in [3.63, 3.8) is 0 Å². The summed E-state index contributed by atoms with van der Waals surface area (Å²) in [5, 5.41) is 2.69. The number of rotatable bonds is 9. The zero-order valence-corrected chi connectivity index (χ0v) is 17.7. The van der Waals surface area contributed by atoms with Gasteiger partial charge in [-0.05, 0) is 31.2 Å². The summed E-state index contributed by atoms with van der Waals surface area (Å²) in [5.74, 6) is 0.409. The molecule has 0 aliphatic carbocycles. The van der Waals surface area contributed by atoms with Crippen molar-refractivity contribution in [2.24, 2.45) is 5.73 Å². The van der Waals surface area contributed by atoms with Crippen molar-refractivity contribution in [1.82, 2.24) is 4.31 Å². The molecule has 0 atom stereocenters. The van der Waals surface area contributed by atoms with E-state index in [1.807, 2.05) is 0 Å². The summed E-state index contributed by atoms with van der Waals surface area (Å²) in [5.41, 5.74) is 6.04. The maximum Gasteiger partial charge on any atom is 0.259 e. The van der Waals surface area contributed by atoms with E-state index in [0.29, 0.717) is 31.2 Å². The molecular weight excluding hydrogens is 406 g/mol. The molecule has 1 aromatic heterocycles. The largest absolute Gasteiger partial charge is 0.492 e. The molecule has 0 fully saturated rings. The van der Waals surface area contributed by atoms with Crippen LogP contribution in [-0.4, -0.2) is 38.3 Å². The van der Waals surface area contributed by atoms with E-state index in [1.54, 1.807) is 20.8 Å². The molecule has 1 amide bonds. The van der Waals surface area contributed by atoms with Gasteiger partial charge in [0, 0.05) is 13.1 Å². The zero-order chi connectivity index (χ0) is 20.0. The predicted octanol–water partition coefficient (Wildman–Crippen LogP) is 2.84. The second-order valence-electron chi connectivity index (χ2n) is 5.64. The highest BCUT2D eigenvalue weighted by molar-refractivity contribution is 7.89. The number of furan rings is 1. The number of hydrogen-bond donors (Lipinski definition) is 2. The Hall–Kier alpha value is -2.07. The quantitative estimate of drug-likeness (QED) is 0.630. The number of nitrogens with zero attached hydrogens (tertiary/aromatic N) is 1. The van der Waals surface area contributed by atoms with Crippen molar-refractivity contribution >= 4 is 34.0 Å². The van der Waals surface area contributed by atoms with Crippen LogP contribution >= 0.6 is 12.4 Å². The van der Waals surface area contributed by atoms with Crippen LogP contribution in [0.4, 0.5) is 5.69 Å². The van der Waals surface area contributed by atoms with Gasteiger partial charge in [0.1, 0.15) is 17.8 Å². The number of amides is 1. The lowest BCUT2D eigenvalue weighted by Gasteiger charge is -2.20. The van der Waals surface area contributed by atoms with E-state index in [1.165, 1.54) is 34.8 Å². The summed E-state index contributed by atoms with van der Waals surface area (Å²) < 4.78 is 37.5. The summed E-state index contributed by atoms with van der Waals surface area (Å²) in [6.07, 6.45) is 1.30. The van der Waals surface area contributed by atoms with Crippen molar-refractivity contribution in [2.45, 2.75) is 32.2 Å². The third kappa shape index (κ3) is 5.26. The van der Waals surface area contributed by atoms with E-state index >= 15 is 0 Å². The summed E-state index contributed by atoms with van der Waals surface area (Å²) in [4.78, 5) is 12.6. The normalized spacial score (nSPS) is 11.2. The summed E-state index contributed by atoms with van der Waals surface area (Å²) >= 11 is 0. The van der Waals surface area contributed by atoms with Crippen LogP contribution in [0, 0.1) is 0 Å². The number of nitrogens with one attached hydrogen (secondary N) is 1. The predicted molar refractivity (Wildman–Crippen MR) is 110 cm³/mol. The van der Waals surface area contributed by atoms with E-state index in [9.17, 15) is 13.2 Å². The van der Waals surface area contributed by atoms with Crippen molar-refractivity contribution in [3.8, 4) is 5.75 Å². The van der Waals surface area contributed by atoms with E-state index in [-0.39, 0.29) is 35.1 Å². The molecule has 0 saturated heterocycles. The lowest BCUT2D eigenvalue weighted by atomic mass is 10.2. The fraction of sp³-hybridized carbons (Fsp3) is 0.389. The first-order valence-corrected chi connectivity index (χ1v) is 10.2. The highest BCUT2D eigenvalue weighted by Gasteiger charge is 2.23. The van der Waals surface area contributed by atoms with Gasteiger partial charge in [-0.15, -0.1) is 12.4 Å². The van der Waals surface area contributed by atoms with E-state index < -0.39 is 15.9 Å². The second kappa shape index (κ2) is 10.5. The Bertz CT molecular complexity index is 894. The van der Waals surface area contributed by atoms with Gasteiger partial charge in [0.2, 0.25) is 10.0 Å². The van der Waals surface area contributed by atoms with Crippen molar-refractivity contribution < 1.29 is 22.4 Å². The Labute approximate surface area is 171 Å². The molecule has 0 unspecified atom stereocenters. The lowest BCUT2D eigenvalue weighted by Crippen LogP contribution is -2.30. The van der Waals surface area contributed by atoms with Crippen molar-refractivity contribution in [3.05, 3.63) is 41.9 Å². The number of carbonyl (C=O) groups is 1. The molecule has 0 bridgehead atoms. The van der Waals surface area contributed by atoms with Crippen LogP contribution < -0.4 is 15.8 Å². The average molecular weight is 432 g/mol. The molecular formula is C18H26ClN3O5S. The molecule has 0 aliphatic rings. The van der Waals surface area contributed by atoms with Crippen molar-refractivity contribution in [1.29, 1.82) is 0 Å². The van der Waals surface area contributed by atoms with E-state index in [2.05, 4.69) is 5.32 Å². The molecule has 0 saturated carbocycles. The SMILES string of the molecule is CCOc1ccc(S(=O)(=O)N(CC)CC)cc1NC(=O)c1coc(CN)c1.Cl. The Morgan fingerprint density at radius 3 is 2.43 bits per heavy atom. The topological polar surface area (TPSA) is 115 Å². The smallest absolute Gasteiger partial charge is 0.259 e. The Balaban J connectivity index is 0.00000392. The van der Waals surface area contributed by atoms with Gasteiger partial charge in [-0.2, -0.15) is 4.31 Å². The number of nitrogens with two attached hydrogens (primary N) is 1. The minimum Gasteiger partial charge on any atom is -0.492 e. The molecule has 0 aliphatic heterocycles. The van der Waals surface area contributed by atoms with Gasteiger partial charge >= 0.3 is 0 Å². The number of benzene rings is 1. The fourth-order valence-corrected chi connectivity index (χ4v) is 4.05. The third-order valence-electron chi connectivity index (χ3n) is 3.96. The fourth-order valence-electron chi connectivity index (χ4n) is 2.56. The maximum absolute atomic E-state index is 12.8. The second-order valence-corrected chi connectivity index (χ2v) is 7.58. The van der Waals surface area contributed by atoms with Crippen LogP contribution in [-0.2, 0) is 16.6 Å². The van der Waals surface area contributed by atoms with Gasteiger partial charge in [-0.3, -0.25) is 4.79 Å². The molecule has 0 radical (unpaired) electrons. The molecule has 156 valence electrons. The monoisotopic (exact) mass is 431 g/mol. The molecule has 8 nitrogen and oxygen atoms in total. The Morgan fingerprint density at radius 2 is 1.89 bits per heavy atom. The molecule has 10 heteroatoms. The van der Waals surface area contributed by atoms with Crippen LogP contribution in [0.15, 0.2) is 39.8 Å². The number of halogens is 1. The standard InChI is InChI=1S/C18H25N3O5S.ClH/c1-4-21(5-2)27(23,24)15-7-8-17(25-6-3)16(10-15)20-18(22)13-9-14(11-19)26-12-13;/h7-10,12H,4-6,11,19H2,1-3H3,(H,20,22);1H. The maximum atomic E-state index is 12.8. The summed E-state index contributed by atoms with van der Waals surface area (Å²) in [7, 11) is -3.66. The summed E-state index contributed by atoms with van der Waals surface area (Å²) in [6, 6.07) is 5.95. The van der Waals surface area contributed by atoms with Crippen LogP contribution in [0.2, 0.25) is 0 Å². The molecule has 1 aromatic carbocycles. The number of sulfonamides is 1. The molecule has 28 heavy (non-hydrogen) atoms. The van der Waals surface area contributed by atoms with Crippen LogP contribution in [0.5, 0.6) is 5.75 Å². The molecule has 0 spiro atoms. The first kappa shape index (κ1) is 24.0. The third-order valence-corrected chi connectivity index (χ3v) is 6.01. The lowest BCUT2D eigenvalue weighted by molar-refractivity contribution is 0.102. The average Bonchev–Trinajstić information content (AvgIpc) is 3.13. The van der Waals surface area contributed by atoms with Crippen molar-refractivity contribution in [2.75, 3.05) is 25.0 Å². The van der Waals surface area contributed by atoms with Crippen LogP contribution in [0.25, 0.3) is 0 Å². The van der Waals surface area contributed by atoms with Gasteiger partial charge in [0.05, 0.1) is 29.3 Å². The number of hydrogen-bond acceptors (Lipinski definition) is 6. The molecule has 2 rings (SSSR count). The first-order chi connectivity index (χ1) is 12.9. The highest BCUT2D eigenvalue weighted by atomic mass is 35.5. The van der Waals surface area contributed by atoms with E-state index in [4.69, 9.17) is 14.9 Å². The number of ether oxygens (including phenoxy) is 1. The number of carbonyl (C=O) groups excluding carboxylic acids is 1. The molecule has 2 aromatic rings. The van der Waals surface area contributed by atoms with Gasteiger partial charge in [-0.1, -0.05) is 13.8 Å². The van der Waals surface area contributed by atoms with E-state index in [0.717, 1.165) is 0 Å².